The van der Waals surface area contributed by atoms with E-state index in [1.165, 1.54) is 11.1 Å². The Balaban J connectivity index is 2.51. The van der Waals surface area contributed by atoms with Gasteiger partial charge in [0.1, 0.15) is 5.54 Å². The van der Waals surface area contributed by atoms with Crippen molar-refractivity contribution in [3.63, 3.8) is 0 Å². The SMILES string of the molecule is Cc1ccc(C)c(C2(N=C=O)CCOCC2)c1. The minimum absolute atomic E-state index is 0.421. The minimum atomic E-state index is -0.421. The monoisotopic (exact) mass is 231 g/mol. The molecule has 0 spiro atoms. The number of rotatable bonds is 2. The summed E-state index contributed by atoms with van der Waals surface area (Å²) in [4.78, 5) is 14.8. The highest BCUT2D eigenvalue weighted by molar-refractivity contribution is 5.42. The average Bonchev–Trinajstić information content (AvgIpc) is 2.34. The smallest absolute Gasteiger partial charge is 0.235 e. The van der Waals surface area contributed by atoms with E-state index in [-0.39, 0.29) is 0 Å². The third-order valence-electron chi connectivity index (χ3n) is 3.47. The van der Waals surface area contributed by atoms with E-state index >= 15 is 0 Å². The lowest BCUT2D eigenvalue weighted by atomic mass is 9.80. The minimum Gasteiger partial charge on any atom is -0.381 e. The highest BCUT2D eigenvalue weighted by atomic mass is 16.5. The Hall–Kier alpha value is -1.44. The van der Waals surface area contributed by atoms with Gasteiger partial charge < -0.3 is 4.74 Å². The zero-order valence-corrected chi connectivity index (χ0v) is 10.3. The lowest BCUT2D eigenvalue weighted by Gasteiger charge is -2.33. The fourth-order valence-corrected chi connectivity index (χ4v) is 2.48. The molecule has 0 saturated carbocycles. The number of aliphatic imine (C=N–C) groups is 1. The maximum atomic E-state index is 10.7. The molecular weight excluding hydrogens is 214 g/mol. The average molecular weight is 231 g/mol. The normalized spacial score (nSPS) is 18.5. The van der Waals surface area contributed by atoms with Crippen molar-refractivity contribution in [2.45, 2.75) is 32.2 Å². The first kappa shape index (κ1) is 12.0. The van der Waals surface area contributed by atoms with Crippen LogP contribution in [-0.2, 0) is 15.1 Å². The molecule has 1 heterocycles. The van der Waals surface area contributed by atoms with Crippen LogP contribution in [0.5, 0.6) is 0 Å². The molecule has 0 bridgehead atoms. The summed E-state index contributed by atoms with van der Waals surface area (Å²) >= 11 is 0. The molecule has 1 fully saturated rings. The van der Waals surface area contributed by atoms with Gasteiger partial charge in [-0.1, -0.05) is 23.8 Å². The Morgan fingerprint density at radius 1 is 1.29 bits per heavy atom. The van der Waals surface area contributed by atoms with Crippen molar-refractivity contribution in [3.05, 3.63) is 34.9 Å². The first-order valence-corrected chi connectivity index (χ1v) is 5.92. The molecule has 17 heavy (non-hydrogen) atoms. The van der Waals surface area contributed by atoms with Crippen LogP contribution in [0.25, 0.3) is 0 Å². The summed E-state index contributed by atoms with van der Waals surface area (Å²) in [5.74, 6) is 0. The predicted octanol–water partition coefficient (Wildman–Crippen LogP) is 2.64. The van der Waals surface area contributed by atoms with Gasteiger partial charge in [0.15, 0.2) is 0 Å². The summed E-state index contributed by atoms with van der Waals surface area (Å²) in [5.41, 5.74) is 3.09. The van der Waals surface area contributed by atoms with Crippen molar-refractivity contribution in [1.29, 1.82) is 0 Å². The molecule has 2 rings (SSSR count). The maximum Gasteiger partial charge on any atom is 0.235 e. The molecule has 90 valence electrons. The van der Waals surface area contributed by atoms with E-state index in [2.05, 4.69) is 37.0 Å². The van der Waals surface area contributed by atoms with Crippen LogP contribution in [0, 0.1) is 13.8 Å². The fraction of sp³-hybridized carbons (Fsp3) is 0.500. The first-order chi connectivity index (χ1) is 8.18. The highest BCUT2D eigenvalue weighted by Crippen LogP contribution is 2.37. The zero-order chi connectivity index (χ0) is 12.3. The van der Waals surface area contributed by atoms with E-state index in [4.69, 9.17) is 4.74 Å². The summed E-state index contributed by atoms with van der Waals surface area (Å²) in [6.07, 6.45) is 3.26. The Bertz CT molecular complexity index is 455. The molecule has 3 nitrogen and oxygen atoms in total. The lowest BCUT2D eigenvalue weighted by Crippen LogP contribution is -2.32. The van der Waals surface area contributed by atoms with Crippen LogP contribution in [0.2, 0.25) is 0 Å². The van der Waals surface area contributed by atoms with E-state index in [9.17, 15) is 4.79 Å². The van der Waals surface area contributed by atoms with Crippen molar-refractivity contribution in [2.24, 2.45) is 4.99 Å². The number of carbonyl (C=O) groups excluding carboxylic acids is 1. The summed E-state index contributed by atoms with van der Waals surface area (Å²) in [7, 11) is 0. The predicted molar refractivity (Wildman–Crippen MR) is 65.8 cm³/mol. The molecule has 1 saturated heterocycles. The topological polar surface area (TPSA) is 38.7 Å². The molecule has 1 aliphatic heterocycles. The van der Waals surface area contributed by atoms with E-state index in [0.29, 0.717) is 13.2 Å². The first-order valence-electron chi connectivity index (χ1n) is 5.92. The number of nitrogens with zero attached hydrogens (tertiary/aromatic N) is 1. The lowest BCUT2D eigenvalue weighted by molar-refractivity contribution is 0.0529. The van der Waals surface area contributed by atoms with Crippen molar-refractivity contribution < 1.29 is 9.53 Å². The molecule has 0 radical (unpaired) electrons. The summed E-state index contributed by atoms with van der Waals surface area (Å²) < 4.78 is 5.37. The van der Waals surface area contributed by atoms with Crippen LogP contribution >= 0.6 is 0 Å². The molecule has 0 atom stereocenters. The van der Waals surface area contributed by atoms with Gasteiger partial charge in [0, 0.05) is 26.1 Å². The van der Waals surface area contributed by atoms with Gasteiger partial charge >= 0.3 is 0 Å². The zero-order valence-electron chi connectivity index (χ0n) is 10.3. The van der Waals surface area contributed by atoms with Crippen molar-refractivity contribution in [1.82, 2.24) is 0 Å². The largest absolute Gasteiger partial charge is 0.381 e. The Morgan fingerprint density at radius 2 is 2.00 bits per heavy atom. The highest BCUT2D eigenvalue weighted by Gasteiger charge is 2.35. The molecule has 3 heteroatoms. The van der Waals surface area contributed by atoms with Gasteiger partial charge in [0.05, 0.1) is 0 Å². The molecule has 0 aliphatic carbocycles. The third-order valence-corrected chi connectivity index (χ3v) is 3.47. The molecule has 1 aromatic rings. The van der Waals surface area contributed by atoms with Crippen molar-refractivity contribution >= 4 is 6.08 Å². The summed E-state index contributed by atoms with van der Waals surface area (Å²) in [6.45, 7) is 5.42. The third kappa shape index (κ3) is 2.31. The quantitative estimate of drug-likeness (QED) is 0.579. The van der Waals surface area contributed by atoms with Gasteiger partial charge in [-0.3, -0.25) is 0 Å². The fourth-order valence-electron chi connectivity index (χ4n) is 2.48. The molecule has 1 aliphatic rings. The molecule has 0 amide bonds. The van der Waals surface area contributed by atoms with Gasteiger partial charge in [0.25, 0.3) is 0 Å². The maximum absolute atomic E-state index is 10.7. The number of hydrogen-bond donors (Lipinski definition) is 0. The number of benzene rings is 1. The van der Waals surface area contributed by atoms with Gasteiger partial charge in [-0.15, -0.1) is 0 Å². The van der Waals surface area contributed by atoms with E-state index in [1.807, 2.05) is 0 Å². The molecule has 0 N–H and O–H groups in total. The van der Waals surface area contributed by atoms with Crippen LogP contribution in [0.4, 0.5) is 0 Å². The number of ether oxygens (including phenoxy) is 1. The number of aryl methyl sites for hydroxylation is 2. The second-order valence-electron chi connectivity index (χ2n) is 4.67. The molecular formula is C14H17NO2. The molecule has 0 unspecified atom stereocenters. The van der Waals surface area contributed by atoms with E-state index in [0.717, 1.165) is 18.4 Å². The molecule has 1 aromatic carbocycles. The van der Waals surface area contributed by atoms with Gasteiger partial charge in [-0.25, -0.2) is 4.79 Å². The van der Waals surface area contributed by atoms with Crippen molar-refractivity contribution in [2.75, 3.05) is 13.2 Å². The van der Waals surface area contributed by atoms with Crippen LogP contribution < -0.4 is 0 Å². The van der Waals surface area contributed by atoms with Crippen molar-refractivity contribution in [3.8, 4) is 0 Å². The second kappa shape index (κ2) is 4.82. The summed E-state index contributed by atoms with van der Waals surface area (Å²) in [6, 6.07) is 6.29. The number of isocyanates is 1. The van der Waals surface area contributed by atoms with Crippen LogP contribution in [-0.4, -0.2) is 19.3 Å². The Morgan fingerprint density at radius 3 is 2.65 bits per heavy atom. The van der Waals surface area contributed by atoms with Gasteiger partial charge in [-0.05, 0) is 25.0 Å². The standard InChI is InChI=1S/C14H17NO2/c1-11-3-4-12(2)13(9-11)14(15-10-16)5-7-17-8-6-14/h3-4,9H,5-8H2,1-2H3. The number of hydrogen-bond acceptors (Lipinski definition) is 3. The van der Waals surface area contributed by atoms with Crippen LogP contribution in [0.1, 0.15) is 29.5 Å². The Labute approximate surface area is 102 Å². The Kier molecular flexibility index (Phi) is 3.41. The van der Waals surface area contributed by atoms with Gasteiger partial charge in [-0.2, -0.15) is 4.99 Å². The van der Waals surface area contributed by atoms with E-state index in [1.54, 1.807) is 6.08 Å². The molecule has 0 aromatic heterocycles. The van der Waals surface area contributed by atoms with Gasteiger partial charge in [0.2, 0.25) is 6.08 Å². The van der Waals surface area contributed by atoms with E-state index < -0.39 is 5.54 Å². The second-order valence-corrected chi connectivity index (χ2v) is 4.67. The van der Waals surface area contributed by atoms with Crippen LogP contribution in [0.3, 0.4) is 0 Å². The summed E-state index contributed by atoms with van der Waals surface area (Å²) in [5, 5.41) is 0. The van der Waals surface area contributed by atoms with Crippen LogP contribution in [0.15, 0.2) is 23.2 Å².